The highest BCUT2D eigenvalue weighted by Gasteiger charge is 2.40. The van der Waals surface area contributed by atoms with Crippen molar-refractivity contribution in [2.45, 2.75) is 6.92 Å². The van der Waals surface area contributed by atoms with Gasteiger partial charge in [-0.05, 0) is 67.1 Å². The van der Waals surface area contributed by atoms with Crippen molar-refractivity contribution in [2.75, 3.05) is 35.8 Å². The van der Waals surface area contributed by atoms with E-state index in [1.807, 2.05) is 50.2 Å². The SMILES string of the molecule is CCOc1ccc(C2=C(Nc3ccc(N(C)C)cc3)C(=O)N(c3cccc(Cl)c3)C2=O)cc1. The maximum Gasteiger partial charge on any atom is 0.282 e. The number of hydrogen-bond acceptors (Lipinski definition) is 5. The van der Waals surface area contributed by atoms with Crippen molar-refractivity contribution in [1.82, 2.24) is 0 Å². The number of amides is 2. The van der Waals surface area contributed by atoms with Crippen LogP contribution in [0.15, 0.2) is 78.5 Å². The highest BCUT2D eigenvalue weighted by molar-refractivity contribution is 6.46. The molecule has 7 heteroatoms. The van der Waals surface area contributed by atoms with Gasteiger partial charge in [0.15, 0.2) is 0 Å². The number of ether oxygens (including phenoxy) is 1. The van der Waals surface area contributed by atoms with Gasteiger partial charge in [-0.1, -0.05) is 29.8 Å². The molecule has 0 unspecified atom stereocenters. The van der Waals surface area contributed by atoms with Gasteiger partial charge in [0.25, 0.3) is 11.8 Å². The van der Waals surface area contributed by atoms with E-state index in [0.29, 0.717) is 39.9 Å². The molecule has 0 saturated carbocycles. The third-order valence-corrected chi connectivity index (χ3v) is 5.49. The molecular weight excluding hydrogens is 438 g/mol. The summed E-state index contributed by atoms with van der Waals surface area (Å²) in [4.78, 5) is 30.1. The summed E-state index contributed by atoms with van der Waals surface area (Å²) in [6.07, 6.45) is 0. The summed E-state index contributed by atoms with van der Waals surface area (Å²) in [7, 11) is 3.91. The molecule has 3 aromatic rings. The van der Waals surface area contributed by atoms with E-state index in [0.717, 1.165) is 10.6 Å². The fourth-order valence-corrected chi connectivity index (χ4v) is 3.82. The van der Waals surface area contributed by atoms with Crippen LogP contribution in [-0.2, 0) is 9.59 Å². The second-order valence-electron chi connectivity index (χ2n) is 7.70. The minimum atomic E-state index is -0.442. The monoisotopic (exact) mass is 461 g/mol. The molecule has 168 valence electrons. The molecule has 1 N–H and O–H groups in total. The summed E-state index contributed by atoms with van der Waals surface area (Å²) >= 11 is 6.13. The summed E-state index contributed by atoms with van der Waals surface area (Å²) in [5.41, 5.74) is 3.26. The Bertz CT molecular complexity index is 1220. The van der Waals surface area contributed by atoms with Gasteiger partial charge in [0, 0.05) is 30.5 Å². The van der Waals surface area contributed by atoms with Crippen LogP contribution in [0.1, 0.15) is 12.5 Å². The molecule has 2 amide bonds. The summed E-state index contributed by atoms with van der Waals surface area (Å²) < 4.78 is 5.52. The van der Waals surface area contributed by atoms with Gasteiger partial charge in [-0.2, -0.15) is 0 Å². The molecule has 1 heterocycles. The van der Waals surface area contributed by atoms with Gasteiger partial charge in [0.2, 0.25) is 0 Å². The predicted molar refractivity (Wildman–Crippen MR) is 133 cm³/mol. The van der Waals surface area contributed by atoms with Crippen LogP contribution in [0.25, 0.3) is 5.57 Å². The Balaban J connectivity index is 1.76. The Hall–Kier alpha value is -3.77. The van der Waals surface area contributed by atoms with Crippen molar-refractivity contribution in [3.63, 3.8) is 0 Å². The average Bonchev–Trinajstić information content (AvgIpc) is 3.04. The van der Waals surface area contributed by atoms with Crippen molar-refractivity contribution in [1.29, 1.82) is 0 Å². The molecule has 33 heavy (non-hydrogen) atoms. The first-order valence-corrected chi connectivity index (χ1v) is 10.9. The lowest BCUT2D eigenvalue weighted by Crippen LogP contribution is -2.32. The number of anilines is 3. The molecule has 0 bridgehead atoms. The largest absolute Gasteiger partial charge is 0.494 e. The van der Waals surface area contributed by atoms with Crippen molar-refractivity contribution in [3.05, 3.63) is 89.1 Å². The molecule has 0 atom stereocenters. The van der Waals surface area contributed by atoms with E-state index in [4.69, 9.17) is 16.3 Å². The van der Waals surface area contributed by atoms with Crippen LogP contribution in [0.5, 0.6) is 5.75 Å². The lowest BCUT2D eigenvalue weighted by Gasteiger charge is -2.16. The molecule has 3 aromatic carbocycles. The van der Waals surface area contributed by atoms with Crippen LogP contribution in [0.2, 0.25) is 5.02 Å². The van der Waals surface area contributed by atoms with Crippen molar-refractivity contribution in [2.24, 2.45) is 0 Å². The number of imide groups is 1. The Morgan fingerprint density at radius 1 is 0.939 bits per heavy atom. The number of nitrogens with one attached hydrogen (secondary N) is 1. The van der Waals surface area contributed by atoms with Gasteiger partial charge in [0.1, 0.15) is 11.4 Å². The Morgan fingerprint density at radius 3 is 2.24 bits per heavy atom. The zero-order valence-corrected chi connectivity index (χ0v) is 19.4. The number of carbonyl (C=O) groups is 2. The lowest BCUT2D eigenvalue weighted by molar-refractivity contribution is -0.120. The molecule has 0 saturated heterocycles. The van der Waals surface area contributed by atoms with Crippen LogP contribution in [0.4, 0.5) is 17.1 Å². The second-order valence-corrected chi connectivity index (χ2v) is 8.14. The molecular formula is C26H24ClN3O3. The van der Waals surface area contributed by atoms with Crippen molar-refractivity contribution >= 4 is 46.1 Å². The van der Waals surface area contributed by atoms with E-state index in [9.17, 15) is 9.59 Å². The molecule has 1 aliphatic heterocycles. The highest BCUT2D eigenvalue weighted by Crippen LogP contribution is 2.35. The number of benzene rings is 3. The summed E-state index contributed by atoms with van der Waals surface area (Å²) in [5, 5.41) is 3.62. The Morgan fingerprint density at radius 2 is 1.64 bits per heavy atom. The van der Waals surface area contributed by atoms with Gasteiger partial charge in [-0.15, -0.1) is 0 Å². The van der Waals surface area contributed by atoms with Gasteiger partial charge in [-0.25, -0.2) is 4.90 Å². The van der Waals surface area contributed by atoms with Gasteiger partial charge in [-0.3, -0.25) is 9.59 Å². The number of hydrogen-bond donors (Lipinski definition) is 1. The fourth-order valence-electron chi connectivity index (χ4n) is 3.63. The van der Waals surface area contributed by atoms with Crippen LogP contribution in [-0.4, -0.2) is 32.5 Å². The molecule has 0 spiro atoms. The minimum absolute atomic E-state index is 0.210. The van der Waals surface area contributed by atoms with E-state index in [1.54, 1.807) is 48.5 Å². The lowest BCUT2D eigenvalue weighted by atomic mass is 10.0. The van der Waals surface area contributed by atoms with Gasteiger partial charge < -0.3 is 15.0 Å². The number of rotatable bonds is 7. The summed E-state index contributed by atoms with van der Waals surface area (Å²) in [6.45, 7) is 2.44. The smallest absolute Gasteiger partial charge is 0.282 e. The maximum atomic E-state index is 13.5. The minimum Gasteiger partial charge on any atom is -0.494 e. The zero-order valence-electron chi connectivity index (χ0n) is 18.6. The normalized spacial score (nSPS) is 13.5. The Labute approximate surface area is 198 Å². The van der Waals surface area contributed by atoms with Crippen LogP contribution >= 0.6 is 11.6 Å². The second kappa shape index (κ2) is 9.38. The van der Waals surface area contributed by atoms with Gasteiger partial charge in [0.05, 0.1) is 17.9 Å². The van der Waals surface area contributed by atoms with Crippen LogP contribution in [0, 0.1) is 0 Å². The third kappa shape index (κ3) is 4.56. The van der Waals surface area contributed by atoms with Gasteiger partial charge >= 0.3 is 0 Å². The molecule has 0 radical (unpaired) electrons. The first kappa shape index (κ1) is 22.4. The standard InChI is InChI=1S/C26H24ClN3O3/c1-4-33-22-14-8-17(9-15-22)23-24(28-19-10-12-20(13-11-19)29(2)3)26(32)30(25(23)31)21-7-5-6-18(27)16-21/h5-16,28H,4H2,1-3H3. The molecule has 0 aromatic heterocycles. The average molecular weight is 462 g/mol. The molecule has 4 rings (SSSR count). The number of nitrogens with zero attached hydrogens (tertiary/aromatic N) is 2. The first-order valence-electron chi connectivity index (χ1n) is 10.6. The summed E-state index contributed by atoms with van der Waals surface area (Å²) in [6, 6.07) is 21.5. The molecule has 0 aliphatic carbocycles. The fraction of sp³-hybridized carbons (Fsp3) is 0.154. The Kier molecular flexibility index (Phi) is 6.38. The van der Waals surface area contributed by atoms with Crippen LogP contribution in [0.3, 0.4) is 0 Å². The number of halogens is 1. The topological polar surface area (TPSA) is 61.9 Å². The maximum absolute atomic E-state index is 13.5. The summed E-state index contributed by atoms with van der Waals surface area (Å²) in [5.74, 6) is -0.166. The van der Waals surface area contributed by atoms with E-state index >= 15 is 0 Å². The first-order chi connectivity index (χ1) is 15.9. The number of carbonyl (C=O) groups excluding carboxylic acids is 2. The van der Waals surface area contributed by atoms with E-state index in [-0.39, 0.29) is 5.70 Å². The molecule has 6 nitrogen and oxygen atoms in total. The van der Waals surface area contributed by atoms with Crippen LogP contribution < -0.4 is 19.9 Å². The third-order valence-electron chi connectivity index (χ3n) is 5.26. The molecule has 0 fully saturated rings. The van der Waals surface area contributed by atoms with Crippen molar-refractivity contribution in [3.8, 4) is 5.75 Å². The van der Waals surface area contributed by atoms with E-state index in [1.165, 1.54) is 0 Å². The highest BCUT2D eigenvalue weighted by atomic mass is 35.5. The van der Waals surface area contributed by atoms with Crippen molar-refractivity contribution < 1.29 is 14.3 Å². The van der Waals surface area contributed by atoms with E-state index in [2.05, 4.69) is 5.32 Å². The predicted octanol–water partition coefficient (Wildman–Crippen LogP) is 5.20. The zero-order chi connectivity index (χ0) is 23.5. The quantitative estimate of drug-likeness (QED) is 0.490. The van der Waals surface area contributed by atoms with E-state index < -0.39 is 11.8 Å². The molecule has 1 aliphatic rings.